The Morgan fingerprint density at radius 2 is 2.07 bits per heavy atom. The standard InChI is InChI=1S/C19H16N6O4/c1-29-13-3-2-12-9-25(15(26)14(12)6-13)10-19(16(27)23-18(28)24-19)5-4-11-7-21-17(20)22-8-11/h2-3,6-9,26H,10H2,1H3,(H2,20,21,22)(H2,23,24,27,28)/t19-/m1/s1. The second-order valence-electron chi connectivity index (χ2n) is 6.43. The van der Waals surface area contributed by atoms with Gasteiger partial charge in [-0.05, 0) is 18.2 Å². The Labute approximate surface area is 164 Å². The van der Waals surface area contributed by atoms with Crippen molar-refractivity contribution in [3.05, 3.63) is 42.4 Å². The van der Waals surface area contributed by atoms with E-state index >= 15 is 0 Å². The Balaban J connectivity index is 1.75. The first kappa shape index (κ1) is 18.1. The number of hydrogen-bond acceptors (Lipinski definition) is 7. The lowest BCUT2D eigenvalue weighted by Gasteiger charge is -2.20. The topological polar surface area (TPSA) is 144 Å². The number of ether oxygens (including phenoxy) is 1. The van der Waals surface area contributed by atoms with Crippen LogP contribution in [0.2, 0.25) is 0 Å². The molecule has 10 nitrogen and oxygen atoms in total. The fourth-order valence-electron chi connectivity index (χ4n) is 3.04. The summed E-state index contributed by atoms with van der Waals surface area (Å²) in [6.07, 6.45) is 4.48. The average molecular weight is 392 g/mol. The number of methoxy groups -OCH3 is 1. The smallest absolute Gasteiger partial charge is 0.323 e. The van der Waals surface area contributed by atoms with E-state index in [2.05, 4.69) is 32.4 Å². The molecule has 1 saturated heterocycles. The third-order valence-corrected chi connectivity index (χ3v) is 4.51. The predicted molar refractivity (Wildman–Crippen MR) is 103 cm³/mol. The molecule has 4 rings (SSSR count). The fourth-order valence-corrected chi connectivity index (χ4v) is 3.04. The van der Waals surface area contributed by atoms with Crippen LogP contribution in [0.1, 0.15) is 5.56 Å². The van der Waals surface area contributed by atoms with Crippen LogP contribution in [0.15, 0.2) is 36.8 Å². The number of aromatic nitrogens is 3. The Morgan fingerprint density at radius 1 is 1.31 bits per heavy atom. The predicted octanol–water partition coefficient (Wildman–Crippen LogP) is 0.358. The van der Waals surface area contributed by atoms with E-state index in [-0.39, 0.29) is 18.4 Å². The van der Waals surface area contributed by atoms with Crippen LogP contribution in [0.5, 0.6) is 11.6 Å². The lowest BCUT2D eigenvalue weighted by Crippen LogP contribution is -2.49. The number of fused-ring (bicyclic) bond motifs is 1. The van der Waals surface area contributed by atoms with Crippen molar-refractivity contribution in [2.45, 2.75) is 12.1 Å². The number of benzene rings is 1. The molecule has 1 aromatic carbocycles. The van der Waals surface area contributed by atoms with Crippen molar-refractivity contribution in [1.82, 2.24) is 25.2 Å². The third-order valence-electron chi connectivity index (χ3n) is 4.51. The van der Waals surface area contributed by atoms with Crippen molar-refractivity contribution in [2.24, 2.45) is 0 Å². The molecule has 0 radical (unpaired) electrons. The number of hydrogen-bond donors (Lipinski definition) is 4. The lowest BCUT2D eigenvalue weighted by molar-refractivity contribution is -0.122. The summed E-state index contributed by atoms with van der Waals surface area (Å²) in [7, 11) is 1.53. The number of amides is 3. The summed E-state index contributed by atoms with van der Waals surface area (Å²) in [5, 5.41) is 16.7. The fraction of sp³-hybridized carbons (Fsp3) is 0.158. The maximum atomic E-state index is 12.6. The molecule has 1 fully saturated rings. The zero-order chi connectivity index (χ0) is 20.6. The van der Waals surface area contributed by atoms with Gasteiger partial charge in [-0.15, -0.1) is 0 Å². The second-order valence-corrected chi connectivity index (χ2v) is 6.43. The van der Waals surface area contributed by atoms with Crippen molar-refractivity contribution in [3.8, 4) is 23.5 Å². The van der Waals surface area contributed by atoms with Gasteiger partial charge in [-0.25, -0.2) is 14.8 Å². The summed E-state index contributed by atoms with van der Waals surface area (Å²) < 4.78 is 6.63. The van der Waals surface area contributed by atoms with Crippen LogP contribution in [-0.4, -0.2) is 44.2 Å². The largest absolute Gasteiger partial charge is 0.497 e. The van der Waals surface area contributed by atoms with Crippen LogP contribution in [0.4, 0.5) is 10.7 Å². The van der Waals surface area contributed by atoms with E-state index in [1.165, 1.54) is 24.1 Å². The van der Waals surface area contributed by atoms with Gasteiger partial charge in [0.15, 0.2) is 5.88 Å². The maximum absolute atomic E-state index is 12.6. The molecule has 0 spiro atoms. The molecule has 5 N–H and O–H groups in total. The van der Waals surface area contributed by atoms with E-state index in [4.69, 9.17) is 10.5 Å². The van der Waals surface area contributed by atoms with E-state index in [1.54, 1.807) is 24.4 Å². The number of nitrogen functional groups attached to an aromatic ring is 1. The molecule has 29 heavy (non-hydrogen) atoms. The highest BCUT2D eigenvalue weighted by molar-refractivity contribution is 6.09. The molecule has 3 amide bonds. The molecule has 2 aromatic heterocycles. The van der Waals surface area contributed by atoms with Gasteiger partial charge in [0.05, 0.1) is 19.2 Å². The van der Waals surface area contributed by atoms with Crippen LogP contribution in [0, 0.1) is 11.8 Å². The average Bonchev–Trinajstić information content (AvgIpc) is 3.16. The zero-order valence-corrected chi connectivity index (χ0v) is 15.3. The number of rotatable bonds is 3. The Morgan fingerprint density at radius 3 is 2.72 bits per heavy atom. The summed E-state index contributed by atoms with van der Waals surface area (Å²) in [5.41, 5.74) is 4.28. The van der Waals surface area contributed by atoms with Crippen molar-refractivity contribution in [2.75, 3.05) is 12.8 Å². The van der Waals surface area contributed by atoms with Crippen LogP contribution in [0.3, 0.4) is 0 Å². The van der Waals surface area contributed by atoms with Crippen molar-refractivity contribution >= 4 is 28.7 Å². The lowest BCUT2D eigenvalue weighted by atomic mass is 10.00. The van der Waals surface area contributed by atoms with Crippen molar-refractivity contribution in [3.63, 3.8) is 0 Å². The van der Waals surface area contributed by atoms with Crippen LogP contribution >= 0.6 is 0 Å². The summed E-state index contributed by atoms with van der Waals surface area (Å²) in [5.74, 6) is 5.53. The van der Waals surface area contributed by atoms with Gasteiger partial charge in [0.2, 0.25) is 11.5 Å². The number of nitrogens with zero attached hydrogens (tertiary/aromatic N) is 3. The van der Waals surface area contributed by atoms with E-state index in [0.29, 0.717) is 16.7 Å². The van der Waals surface area contributed by atoms with E-state index in [1.807, 2.05) is 0 Å². The molecule has 146 valence electrons. The van der Waals surface area contributed by atoms with E-state index < -0.39 is 17.5 Å². The number of carbonyl (C=O) groups excluding carboxylic acids is 2. The first-order chi connectivity index (χ1) is 13.9. The van der Waals surface area contributed by atoms with Crippen LogP contribution in [-0.2, 0) is 11.3 Å². The number of carbonyl (C=O) groups is 2. The van der Waals surface area contributed by atoms with Gasteiger partial charge in [0, 0.05) is 29.4 Å². The number of aromatic hydroxyl groups is 1. The number of urea groups is 1. The minimum Gasteiger partial charge on any atom is -0.497 e. The normalized spacial score (nSPS) is 18.1. The van der Waals surface area contributed by atoms with Gasteiger partial charge in [0.25, 0.3) is 5.91 Å². The first-order valence-electron chi connectivity index (χ1n) is 8.50. The number of imide groups is 1. The number of nitrogens with one attached hydrogen (secondary N) is 2. The Hall–Kier alpha value is -4.26. The first-order valence-corrected chi connectivity index (χ1v) is 8.50. The van der Waals surface area contributed by atoms with Gasteiger partial charge in [0.1, 0.15) is 5.75 Å². The number of anilines is 1. The van der Waals surface area contributed by atoms with E-state index in [0.717, 1.165) is 5.39 Å². The molecule has 10 heteroatoms. The van der Waals surface area contributed by atoms with Crippen molar-refractivity contribution in [1.29, 1.82) is 0 Å². The molecule has 1 atom stereocenters. The summed E-state index contributed by atoms with van der Waals surface area (Å²) >= 11 is 0. The van der Waals surface area contributed by atoms with Gasteiger partial charge in [-0.1, -0.05) is 11.8 Å². The quantitative estimate of drug-likeness (QED) is 0.372. The minimum absolute atomic E-state index is 0.0789. The highest BCUT2D eigenvalue weighted by Gasteiger charge is 2.46. The molecular weight excluding hydrogens is 376 g/mol. The molecule has 3 aromatic rings. The SMILES string of the molecule is COc1ccc2cn(C[C@@]3(C#Cc4cnc(N)nc4)NC(=O)NC3=O)c(O)c2c1. The third kappa shape index (κ3) is 3.25. The molecule has 0 saturated carbocycles. The summed E-state index contributed by atoms with van der Waals surface area (Å²) in [6, 6.07) is 4.54. The maximum Gasteiger partial charge on any atom is 0.323 e. The van der Waals surface area contributed by atoms with Crippen LogP contribution < -0.4 is 21.1 Å². The van der Waals surface area contributed by atoms with Crippen molar-refractivity contribution < 1.29 is 19.4 Å². The van der Waals surface area contributed by atoms with Gasteiger partial charge < -0.3 is 25.5 Å². The molecule has 1 aliphatic rings. The van der Waals surface area contributed by atoms with Gasteiger partial charge in [-0.2, -0.15) is 0 Å². The Bertz CT molecular complexity index is 1190. The van der Waals surface area contributed by atoms with E-state index in [9.17, 15) is 14.7 Å². The Kier molecular flexibility index (Phi) is 4.20. The highest BCUT2D eigenvalue weighted by atomic mass is 16.5. The van der Waals surface area contributed by atoms with Gasteiger partial charge in [-0.3, -0.25) is 10.1 Å². The molecule has 0 aliphatic carbocycles. The second kappa shape index (κ2) is 6.72. The number of nitrogens with two attached hydrogens (primary N) is 1. The molecule has 0 unspecified atom stereocenters. The minimum atomic E-state index is -1.59. The molecular formula is C19H16N6O4. The molecule has 3 heterocycles. The summed E-state index contributed by atoms with van der Waals surface area (Å²) in [4.78, 5) is 32.1. The highest BCUT2D eigenvalue weighted by Crippen LogP contribution is 2.31. The monoisotopic (exact) mass is 392 g/mol. The van der Waals surface area contributed by atoms with Crippen LogP contribution in [0.25, 0.3) is 10.8 Å². The summed E-state index contributed by atoms with van der Waals surface area (Å²) in [6.45, 7) is -0.115. The molecule has 1 aliphatic heterocycles. The zero-order valence-electron chi connectivity index (χ0n) is 15.3. The van der Waals surface area contributed by atoms with Gasteiger partial charge >= 0.3 is 6.03 Å². The molecule has 0 bridgehead atoms.